The summed E-state index contributed by atoms with van der Waals surface area (Å²) in [4.78, 5) is 10.7. The molecule has 0 aliphatic heterocycles. The molecule has 5 rings (SSSR count). The molecular weight excluding hydrogens is 450 g/mol. The quantitative estimate of drug-likeness (QED) is 0.427. The van der Waals surface area contributed by atoms with Gasteiger partial charge in [0, 0.05) is 19.2 Å². The molecule has 0 aromatic carbocycles. The smallest absolute Gasteiger partial charge is 0.303 e. The summed E-state index contributed by atoms with van der Waals surface area (Å²) in [6.07, 6.45) is 17.5. The monoisotopic (exact) mass is 499 g/mol. The Balaban J connectivity index is 1.15. The Labute approximate surface area is 217 Å². The molecule has 2 N–H and O–H groups in total. The van der Waals surface area contributed by atoms with Crippen LogP contribution in [0.4, 0.5) is 0 Å². The van der Waals surface area contributed by atoms with Crippen LogP contribution in [0.3, 0.4) is 0 Å². The van der Waals surface area contributed by atoms with Crippen LogP contribution in [0.25, 0.3) is 0 Å². The first-order valence-corrected chi connectivity index (χ1v) is 15.0. The number of fused-ring (bicyclic) bond motifs is 5. The number of aryl methyl sites for hydroxylation is 2. The molecule has 0 bridgehead atoms. The van der Waals surface area contributed by atoms with E-state index in [0.29, 0.717) is 23.7 Å². The number of rotatable bonds is 9. The second-order valence-electron chi connectivity index (χ2n) is 13.7. The van der Waals surface area contributed by atoms with E-state index >= 15 is 0 Å². The number of aliphatic hydroxyl groups excluding tert-OH is 1. The Kier molecular flexibility index (Phi) is 7.55. The van der Waals surface area contributed by atoms with Gasteiger partial charge in [0.1, 0.15) is 0 Å². The van der Waals surface area contributed by atoms with Gasteiger partial charge >= 0.3 is 5.97 Å². The van der Waals surface area contributed by atoms with E-state index in [4.69, 9.17) is 5.11 Å². The van der Waals surface area contributed by atoms with E-state index in [0.717, 1.165) is 67.0 Å². The van der Waals surface area contributed by atoms with Crippen LogP contribution < -0.4 is 0 Å². The van der Waals surface area contributed by atoms with Crippen LogP contribution in [-0.2, 0) is 17.8 Å². The van der Waals surface area contributed by atoms with E-state index in [1.54, 1.807) is 0 Å². The highest BCUT2D eigenvalue weighted by Gasteiger charge is 2.60. The maximum absolute atomic E-state index is 10.7. The number of aliphatic hydroxyl groups is 1. The van der Waals surface area contributed by atoms with Gasteiger partial charge in [-0.25, -0.2) is 0 Å². The first-order chi connectivity index (χ1) is 17.2. The number of nitrogens with zero attached hydrogens (tertiary/aromatic N) is 3. The molecule has 0 saturated heterocycles. The first-order valence-electron chi connectivity index (χ1n) is 15.0. The van der Waals surface area contributed by atoms with Gasteiger partial charge in [-0.15, -0.1) is 5.10 Å². The standard InChI is InChI=1S/C30H49N3O3/c1-20(6-5-17-33-19-22(31-32-33)7-4-8-28(35)36)25-11-12-26-24-10-9-21-18-23(34)13-15-29(21,2)27(24)14-16-30(25,26)3/h19-21,23-27,34H,4-18H2,1-3H3,(H,35,36)/t20?,21?,23?,24?,25?,26?,27?,29-,30+/m0/s1. The number of carboxylic acid groups (broad SMARTS) is 1. The highest BCUT2D eigenvalue weighted by Crippen LogP contribution is 2.68. The second kappa shape index (κ2) is 10.4. The molecule has 0 radical (unpaired) electrons. The summed E-state index contributed by atoms with van der Waals surface area (Å²) in [6, 6.07) is 0. The Morgan fingerprint density at radius 3 is 2.67 bits per heavy atom. The number of aromatic nitrogens is 3. The van der Waals surface area contributed by atoms with Crippen LogP contribution in [0, 0.1) is 46.3 Å². The predicted molar refractivity (Wildman–Crippen MR) is 140 cm³/mol. The van der Waals surface area contributed by atoms with Crippen LogP contribution in [0.15, 0.2) is 6.20 Å². The summed E-state index contributed by atoms with van der Waals surface area (Å²) < 4.78 is 1.95. The third kappa shape index (κ3) is 4.88. The highest BCUT2D eigenvalue weighted by molar-refractivity contribution is 5.66. The van der Waals surface area contributed by atoms with Crippen LogP contribution in [-0.4, -0.2) is 37.3 Å². The predicted octanol–water partition coefficient (Wildman–Crippen LogP) is 6.12. The van der Waals surface area contributed by atoms with Crippen LogP contribution in [0.1, 0.15) is 110 Å². The van der Waals surface area contributed by atoms with Gasteiger partial charge in [0.2, 0.25) is 0 Å². The Morgan fingerprint density at radius 2 is 1.86 bits per heavy atom. The van der Waals surface area contributed by atoms with Crippen LogP contribution in [0.5, 0.6) is 0 Å². The molecule has 1 aromatic rings. The zero-order valence-electron chi connectivity index (χ0n) is 22.9. The van der Waals surface area contributed by atoms with E-state index in [-0.39, 0.29) is 12.5 Å². The maximum Gasteiger partial charge on any atom is 0.303 e. The lowest BCUT2D eigenvalue weighted by Gasteiger charge is -2.61. The Morgan fingerprint density at radius 1 is 1.08 bits per heavy atom. The fourth-order valence-electron chi connectivity index (χ4n) is 9.97. The van der Waals surface area contributed by atoms with Crippen molar-refractivity contribution in [2.75, 3.05) is 0 Å². The van der Waals surface area contributed by atoms with Gasteiger partial charge in [0.05, 0.1) is 11.8 Å². The fraction of sp³-hybridized carbons (Fsp3) is 0.900. The summed E-state index contributed by atoms with van der Waals surface area (Å²) in [6.45, 7) is 8.66. The van der Waals surface area contributed by atoms with Gasteiger partial charge in [-0.3, -0.25) is 9.48 Å². The van der Waals surface area contributed by atoms with E-state index in [1.807, 2.05) is 10.9 Å². The molecule has 202 valence electrons. The average molecular weight is 500 g/mol. The molecule has 1 heterocycles. The zero-order chi connectivity index (χ0) is 25.5. The maximum atomic E-state index is 10.7. The van der Waals surface area contributed by atoms with Crippen LogP contribution >= 0.6 is 0 Å². The van der Waals surface area contributed by atoms with Gasteiger partial charge < -0.3 is 10.2 Å². The normalized spacial score (nSPS) is 40.8. The fourth-order valence-corrected chi connectivity index (χ4v) is 9.97. The van der Waals surface area contributed by atoms with Crippen molar-refractivity contribution in [2.45, 2.75) is 123 Å². The lowest BCUT2D eigenvalue weighted by molar-refractivity contribution is -0.137. The van der Waals surface area contributed by atoms with Gasteiger partial charge in [-0.05, 0) is 130 Å². The zero-order valence-corrected chi connectivity index (χ0v) is 22.9. The summed E-state index contributed by atoms with van der Waals surface area (Å²) >= 11 is 0. The van der Waals surface area contributed by atoms with E-state index in [1.165, 1.54) is 51.4 Å². The molecule has 4 fully saturated rings. The van der Waals surface area contributed by atoms with Crippen LogP contribution in [0.2, 0.25) is 0 Å². The van der Waals surface area contributed by atoms with Crippen molar-refractivity contribution < 1.29 is 15.0 Å². The molecule has 4 aliphatic rings. The highest BCUT2D eigenvalue weighted by atomic mass is 16.4. The summed E-state index contributed by atoms with van der Waals surface area (Å²) in [7, 11) is 0. The lowest BCUT2D eigenvalue weighted by atomic mass is 9.44. The molecule has 0 amide bonds. The molecule has 4 saturated carbocycles. The summed E-state index contributed by atoms with van der Waals surface area (Å²) in [5.74, 6) is 4.27. The SMILES string of the molecule is CC(CCCn1cc(CCCC(=O)O)nn1)C1CCC2C3CCC4CC(O)CC[C@]4(C)C3CC[C@]12C. The Hall–Kier alpha value is -1.43. The van der Waals surface area contributed by atoms with Gasteiger partial charge in [-0.1, -0.05) is 26.0 Å². The number of carbonyl (C=O) groups is 1. The first kappa shape index (κ1) is 26.2. The third-order valence-electron chi connectivity index (χ3n) is 11.9. The summed E-state index contributed by atoms with van der Waals surface area (Å²) in [5, 5.41) is 27.6. The molecule has 36 heavy (non-hydrogen) atoms. The number of hydrogen-bond acceptors (Lipinski definition) is 4. The van der Waals surface area contributed by atoms with Crippen molar-refractivity contribution in [2.24, 2.45) is 46.3 Å². The van der Waals surface area contributed by atoms with Crippen molar-refractivity contribution in [1.29, 1.82) is 0 Å². The molecule has 9 atom stereocenters. The van der Waals surface area contributed by atoms with Crippen molar-refractivity contribution in [1.82, 2.24) is 15.0 Å². The minimum atomic E-state index is -0.747. The van der Waals surface area contributed by atoms with Crippen molar-refractivity contribution in [3.05, 3.63) is 11.9 Å². The third-order valence-corrected chi connectivity index (χ3v) is 11.9. The average Bonchev–Trinajstić information content (AvgIpc) is 3.43. The van der Waals surface area contributed by atoms with E-state index < -0.39 is 5.97 Å². The summed E-state index contributed by atoms with van der Waals surface area (Å²) in [5.41, 5.74) is 1.88. The molecule has 0 spiro atoms. The number of hydrogen-bond donors (Lipinski definition) is 2. The minimum absolute atomic E-state index is 0.0498. The number of aliphatic carboxylic acids is 1. The Bertz CT molecular complexity index is 917. The van der Waals surface area contributed by atoms with Crippen molar-refractivity contribution in [3.8, 4) is 0 Å². The molecule has 4 aliphatic carbocycles. The second-order valence-corrected chi connectivity index (χ2v) is 13.7. The molecule has 6 nitrogen and oxygen atoms in total. The molecule has 1 aromatic heterocycles. The largest absolute Gasteiger partial charge is 0.481 e. The molecular formula is C30H49N3O3. The lowest BCUT2D eigenvalue weighted by Crippen LogP contribution is -2.54. The van der Waals surface area contributed by atoms with Crippen molar-refractivity contribution >= 4 is 5.97 Å². The topological polar surface area (TPSA) is 88.2 Å². The minimum Gasteiger partial charge on any atom is -0.481 e. The molecule has 7 unspecified atom stereocenters. The van der Waals surface area contributed by atoms with Gasteiger partial charge in [0.25, 0.3) is 0 Å². The van der Waals surface area contributed by atoms with Gasteiger partial charge in [0.15, 0.2) is 0 Å². The van der Waals surface area contributed by atoms with E-state index in [2.05, 4.69) is 31.1 Å². The van der Waals surface area contributed by atoms with Crippen molar-refractivity contribution in [3.63, 3.8) is 0 Å². The molecule has 6 heteroatoms. The number of carboxylic acids is 1. The van der Waals surface area contributed by atoms with E-state index in [9.17, 15) is 9.90 Å². The van der Waals surface area contributed by atoms with Gasteiger partial charge in [-0.2, -0.15) is 0 Å².